The molecule has 0 aliphatic carbocycles. The van der Waals surface area contributed by atoms with E-state index in [1.807, 2.05) is 41.3 Å². The lowest BCUT2D eigenvalue weighted by Crippen LogP contribution is -2.49. The number of likely N-dealkylation sites (N-methyl/N-ethyl adjacent to an activating group) is 1. The summed E-state index contributed by atoms with van der Waals surface area (Å²) in [6, 6.07) is 14.1. The molecule has 1 saturated heterocycles. The molecule has 1 atom stereocenters. The highest BCUT2D eigenvalue weighted by molar-refractivity contribution is 5.92. The smallest absolute Gasteiger partial charge is 0.490 e. The molecule has 1 aliphatic rings. The Morgan fingerprint density at radius 2 is 1.79 bits per heavy atom. The van der Waals surface area contributed by atoms with Crippen LogP contribution in [0, 0.1) is 0 Å². The van der Waals surface area contributed by atoms with E-state index < -0.39 is 12.1 Å². The zero-order chi connectivity index (χ0) is 28.2. The summed E-state index contributed by atoms with van der Waals surface area (Å²) < 4.78 is 39.1. The topological polar surface area (TPSA) is 113 Å². The Hall–Kier alpha value is -4.52. The first kappa shape index (κ1) is 27.5. The molecule has 1 fully saturated rings. The van der Waals surface area contributed by atoms with Gasteiger partial charge in [0.15, 0.2) is 0 Å². The minimum Gasteiger partial charge on any atom is -0.497 e. The van der Waals surface area contributed by atoms with Crippen molar-refractivity contribution in [2.45, 2.75) is 12.2 Å². The van der Waals surface area contributed by atoms with Crippen LogP contribution in [0.4, 0.5) is 13.2 Å². The van der Waals surface area contributed by atoms with Gasteiger partial charge in [0.05, 0.1) is 30.7 Å². The second kappa shape index (κ2) is 11.5. The number of carboxylic acids is 1. The second-order valence-electron chi connectivity index (χ2n) is 8.67. The fourth-order valence-electron chi connectivity index (χ4n) is 4.14. The van der Waals surface area contributed by atoms with Gasteiger partial charge in [0.1, 0.15) is 17.1 Å². The molecule has 0 spiro atoms. The quantitative estimate of drug-likeness (QED) is 0.417. The summed E-state index contributed by atoms with van der Waals surface area (Å²) in [6.45, 7) is 1.95. The molecule has 204 valence electrons. The fraction of sp³-hybridized carbons (Fsp3) is 0.269. The van der Waals surface area contributed by atoms with Crippen LogP contribution in [-0.4, -0.2) is 86.1 Å². The van der Waals surface area contributed by atoms with Crippen molar-refractivity contribution in [3.63, 3.8) is 0 Å². The largest absolute Gasteiger partial charge is 0.497 e. The molecule has 4 aromatic rings. The van der Waals surface area contributed by atoms with Crippen molar-refractivity contribution in [2.24, 2.45) is 0 Å². The first-order chi connectivity index (χ1) is 18.6. The number of piperazine rings is 1. The van der Waals surface area contributed by atoms with E-state index in [2.05, 4.69) is 38.6 Å². The van der Waals surface area contributed by atoms with Crippen LogP contribution in [0.25, 0.3) is 16.9 Å². The van der Waals surface area contributed by atoms with Gasteiger partial charge >= 0.3 is 12.1 Å². The number of pyridine rings is 1. The van der Waals surface area contributed by atoms with Gasteiger partial charge in [-0.3, -0.25) is 19.1 Å². The molecular weight excluding hydrogens is 517 g/mol. The normalized spacial score (nSPS) is 15.9. The van der Waals surface area contributed by atoms with Gasteiger partial charge in [0.25, 0.3) is 5.91 Å². The number of alkyl halides is 3. The minimum atomic E-state index is -5.08. The zero-order valence-electron chi connectivity index (χ0n) is 21.0. The molecule has 1 unspecified atom stereocenters. The number of aliphatic carboxylic acids is 1. The Kier molecular flexibility index (Phi) is 8.10. The van der Waals surface area contributed by atoms with E-state index >= 15 is 0 Å². The van der Waals surface area contributed by atoms with E-state index in [0.717, 1.165) is 34.9 Å². The number of methoxy groups -OCH3 is 1. The molecular formula is C26H25F3N6O4. The van der Waals surface area contributed by atoms with Crippen molar-refractivity contribution in [3.8, 4) is 17.0 Å². The summed E-state index contributed by atoms with van der Waals surface area (Å²) in [4.78, 5) is 39.0. The van der Waals surface area contributed by atoms with E-state index in [-0.39, 0.29) is 11.9 Å². The number of hydrogen-bond acceptors (Lipinski definition) is 7. The van der Waals surface area contributed by atoms with Crippen LogP contribution in [0.15, 0.2) is 67.3 Å². The third-order valence-corrected chi connectivity index (χ3v) is 6.20. The van der Waals surface area contributed by atoms with E-state index in [4.69, 9.17) is 19.6 Å². The van der Waals surface area contributed by atoms with Gasteiger partial charge in [-0.25, -0.2) is 14.8 Å². The molecule has 0 saturated carbocycles. The summed E-state index contributed by atoms with van der Waals surface area (Å²) in [5.41, 5.74) is 4.31. The van der Waals surface area contributed by atoms with Crippen molar-refractivity contribution in [1.82, 2.24) is 29.2 Å². The van der Waals surface area contributed by atoms with Crippen LogP contribution in [0.2, 0.25) is 0 Å². The molecule has 0 bridgehead atoms. The van der Waals surface area contributed by atoms with Crippen LogP contribution < -0.4 is 4.74 Å². The summed E-state index contributed by atoms with van der Waals surface area (Å²) in [7, 11) is 3.74. The predicted molar refractivity (Wildman–Crippen MR) is 134 cm³/mol. The third-order valence-electron chi connectivity index (χ3n) is 6.20. The number of fused-ring (bicyclic) bond motifs is 1. The second-order valence-corrected chi connectivity index (χ2v) is 8.67. The van der Waals surface area contributed by atoms with Gasteiger partial charge < -0.3 is 14.7 Å². The number of rotatable bonds is 4. The van der Waals surface area contributed by atoms with Crippen molar-refractivity contribution in [3.05, 3.63) is 78.6 Å². The van der Waals surface area contributed by atoms with Gasteiger partial charge in [-0.15, -0.1) is 0 Å². The monoisotopic (exact) mass is 542 g/mol. The van der Waals surface area contributed by atoms with Crippen molar-refractivity contribution < 1.29 is 32.6 Å². The fourth-order valence-corrected chi connectivity index (χ4v) is 4.14. The molecule has 0 radical (unpaired) electrons. The Labute approximate surface area is 221 Å². The number of carbonyl (C=O) groups excluding carboxylic acids is 1. The van der Waals surface area contributed by atoms with Gasteiger partial charge in [-0.2, -0.15) is 13.2 Å². The van der Waals surface area contributed by atoms with Gasteiger partial charge in [-0.05, 0) is 49.0 Å². The Bertz CT molecular complexity index is 1440. The molecule has 39 heavy (non-hydrogen) atoms. The van der Waals surface area contributed by atoms with E-state index in [0.29, 0.717) is 18.8 Å². The lowest BCUT2D eigenvalue weighted by Gasteiger charge is -2.38. The number of aromatic nitrogens is 4. The maximum absolute atomic E-state index is 12.9. The molecule has 3 aromatic heterocycles. The third kappa shape index (κ3) is 6.32. The zero-order valence-corrected chi connectivity index (χ0v) is 21.0. The average Bonchev–Trinajstić information content (AvgIpc) is 3.38. The average molecular weight is 543 g/mol. The standard InChI is InChI=1S/C24H24N6O2.C2HF3O2/c1-28-12-13-29(24(31)19-14-25-10-11-26-19)16-22(28)20-15-30-21(4-3-5-23(30)27-20)17-6-8-18(32-2)9-7-17;3-2(4,5)1(6)7/h3-11,14-15,22H,12-13,16H2,1-2H3;(H,6,7). The summed E-state index contributed by atoms with van der Waals surface area (Å²) in [5, 5.41) is 7.12. The SMILES string of the molecule is COc1ccc(-c2cccc3nc(C4CN(C(=O)c5cnccn5)CCN4C)cn23)cc1.O=C(O)C(F)(F)F. The van der Waals surface area contributed by atoms with Crippen molar-refractivity contribution in [2.75, 3.05) is 33.8 Å². The lowest BCUT2D eigenvalue weighted by atomic mass is 10.1. The first-order valence-electron chi connectivity index (χ1n) is 11.8. The molecule has 1 N–H and O–H groups in total. The van der Waals surface area contributed by atoms with E-state index in [1.54, 1.807) is 19.5 Å². The molecule has 5 rings (SSSR count). The number of carbonyl (C=O) groups is 2. The summed E-state index contributed by atoms with van der Waals surface area (Å²) in [5.74, 6) is -2.03. The summed E-state index contributed by atoms with van der Waals surface area (Å²) >= 11 is 0. The highest BCUT2D eigenvalue weighted by Gasteiger charge is 2.38. The number of nitrogens with zero attached hydrogens (tertiary/aromatic N) is 6. The minimum absolute atomic E-state index is 0.00649. The predicted octanol–water partition coefficient (Wildman–Crippen LogP) is 3.56. The van der Waals surface area contributed by atoms with Gasteiger partial charge in [0, 0.05) is 38.2 Å². The van der Waals surface area contributed by atoms with Crippen molar-refractivity contribution in [1.29, 1.82) is 0 Å². The lowest BCUT2D eigenvalue weighted by molar-refractivity contribution is -0.192. The van der Waals surface area contributed by atoms with Gasteiger partial charge in [-0.1, -0.05) is 6.07 Å². The van der Waals surface area contributed by atoms with Crippen LogP contribution in [0.3, 0.4) is 0 Å². The summed E-state index contributed by atoms with van der Waals surface area (Å²) in [6.07, 6.45) is 1.62. The number of imidazole rings is 1. The molecule has 1 aliphatic heterocycles. The van der Waals surface area contributed by atoms with Gasteiger partial charge in [0.2, 0.25) is 0 Å². The Balaban J connectivity index is 0.000000448. The van der Waals surface area contributed by atoms with Crippen LogP contribution in [0.5, 0.6) is 5.75 Å². The maximum Gasteiger partial charge on any atom is 0.490 e. The number of ether oxygens (including phenoxy) is 1. The number of carboxylic acid groups (broad SMARTS) is 1. The van der Waals surface area contributed by atoms with Crippen LogP contribution in [0.1, 0.15) is 22.2 Å². The first-order valence-corrected chi connectivity index (χ1v) is 11.8. The number of amides is 1. The van der Waals surface area contributed by atoms with Crippen LogP contribution >= 0.6 is 0 Å². The molecule has 1 amide bonds. The van der Waals surface area contributed by atoms with E-state index in [1.165, 1.54) is 6.20 Å². The molecule has 10 nitrogen and oxygen atoms in total. The molecule has 13 heteroatoms. The van der Waals surface area contributed by atoms with Crippen molar-refractivity contribution >= 4 is 17.5 Å². The van der Waals surface area contributed by atoms with Crippen LogP contribution in [-0.2, 0) is 4.79 Å². The number of halogens is 3. The number of hydrogen-bond donors (Lipinski definition) is 1. The Morgan fingerprint density at radius 1 is 1.08 bits per heavy atom. The highest BCUT2D eigenvalue weighted by atomic mass is 19.4. The molecule has 4 heterocycles. The maximum atomic E-state index is 12.9. The Morgan fingerprint density at radius 3 is 2.41 bits per heavy atom. The highest BCUT2D eigenvalue weighted by Crippen LogP contribution is 2.28. The number of benzene rings is 1. The van der Waals surface area contributed by atoms with E-state index in [9.17, 15) is 18.0 Å². The molecule has 1 aromatic carbocycles.